The second-order valence-electron chi connectivity index (χ2n) is 4.70. The van der Waals surface area contributed by atoms with Crippen molar-refractivity contribution in [1.82, 2.24) is 0 Å². The van der Waals surface area contributed by atoms with E-state index < -0.39 is 16.0 Å². The lowest BCUT2D eigenvalue weighted by molar-refractivity contribution is 0.0601. The van der Waals surface area contributed by atoms with Crippen molar-refractivity contribution < 1.29 is 17.9 Å². The highest BCUT2D eigenvalue weighted by molar-refractivity contribution is 7.89. The molecule has 6 nitrogen and oxygen atoms in total. The number of esters is 1. The van der Waals surface area contributed by atoms with Gasteiger partial charge in [0, 0.05) is 6.54 Å². The minimum Gasteiger partial charge on any atom is -0.465 e. The largest absolute Gasteiger partial charge is 0.465 e. The van der Waals surface area contributed by atoms with E-state index in [1.807, 2.05) is 30.3 Å². The lowest BCUT2D eigenvalue weighted by Gasteiger charge is -2.13. The Morgan fingerprint density at radius 2 is 1.91 bits per heavy atom. The first-order valence-corrected chi connectivity index (χ1v) is 8.48. The molecule has 23 heavy (non-hydrogen) atoms. The van der Waals surface area contributed by atoms with Crippen molar-refractivity contribution in [2.24, 2.45) is 5.14 Å². The van der Waals surface area contributed by atoms with Gasteiger partial charge in [-0.25, -0.2) is 18.4 Å². The molecule has 122 valence electrons. The van der Waals surface area contributed by atoms with Crippen LogP contribution >= 0.6 is 11.6 Å². The van der Waals surface area contributed by atoms with Crippen molar-refractivity contribution in [3.05, 3.63) is 58.6 Å². The van der Waals surface area contributed by atoms with Gasteiger partial charge in [-0.2, -0.15) is 0 Å². The van der Waals surface area contributed by atoms with Gasteiger partial charge in [0.1, 0.15) is 4.90 Å². The highest BCUT2D eigenvalue weighted by Gasteiger charge is 2.20. The maximum absolute atomic E-state index is 11.9. The van der Waals surface area contributed by atoms with E-state index >= 15 is 0 Å². The molecule has 0 aliphatic rings. The molecule has 8 heteroatoms. The molecule has 0 spiro atoms. The van der Waals surface area contributed by atoms with E-state index in [0.29, 0.717) is 12.2 Å². The van der Waals surface area contributed by atoms with Gasteiger partial charge in [-0.3, -0.25) is 0 Å². The van der Waals surface area contributed by atoms with Crippen molar-refractivity contribution in [2.75, 3.05) is 12.4 Å². The van der Waals surface area contributed by atoms with Crippen LogP contribution in [0.15, 0.2) is 47.4 Å². The van der Waals surface area contributed by atoms with Gasteiger partial charge in [0.05, 0.1) is 23.4 Å². The molecule has 0 unspecified atom stereocenters. The first-order valence-electron chi connectivity index (χ1n) is 6.55. The fourth-order valence-corrected chi connectivity index (χ4v) is 3.09. The smallest absolute Gasteiger partial charge is 0.340 e. The molecular weight excluding hydrogens is 340 g/mol. The Labute approximate surface area is 139 Å². The Balaban J connectivity index is 2.41. The van der Waals surface area contributed by atoms with Crippen molar-refractivity contribution in [2.45, 2.75) is 11.4 Å². The van der Waals surface area contributed by atoms with E-state index in [0.717, 1.165) is 11.6 Å². The molecule has 0 bridgehead atoms. The summed E-state index contributed by atoms with van der Waals surface area (Å²) in [5.41, 5.74) is 1.38. The van der Waals surface area contributed by atoms with Gasteiger partial charge in [-0.15, -0.1) is 0 Å². The number of primary sulfonamides is 1. The summed E-state index contributed by atoms with van der Waals surface area (Å²) in [6.45, 7) is 0.426. The molecule has 0 saturated heterocycles. The summed E-state index contributed by atoms with van der Waals surface area (Å²) in [6, 6.07) is 11.9. The lowest BCUT2D eigenvalue weighted by Crippen LogP contribution is -2.15. The molecule has 0 saturated carbocycles. The summed E-state index contributed by atoms with van der Waals surface area (Å²) in [5, 5.41) is 8.07. The normalized spacial score (nSPS) is 11.1. The van der Waals surface area contributed by atoms with Crippen LogP contribution in [0.3, 0.4) is 0 Å². The Bertz CT molecular complexity index is 823. The topological polar surface area (TPSA) is 98.5 Å². The van der Waals surface area contributed by atoms with Gasteiger partial charge in [0.2, 0.25) is 10.0 Å². The van der Waals surface area contributed by atoms with Crippen molar-refractivity contribution in [3.63, 3.8) is 0 Å². The van der Waals surface area contributed by atoms with Crippen LogP contribution < -0.4 is 10.5 Å². The van der Waals surface area contributed by atoms with Crippen LogP contribution in [0.5, 0.6) is 0 Å². The predicted molar refractivity (Wildman–Crippen MR) is 87.9 cm³/mol. The number of ether oxygens (including phenoxy) is 1. The van der Waals surface area contributed by atoms with E-state index in [9.17, 15) is 13.2 Å². The van der Waals surface area contributed by atoms with E-state index in [1.54, 1.807) is 0 Å². The van der Waals surface area contributed by atoms with Crippen molar-refractivity contribution >= 4 is 33.3 Å². The highest BCUT2D eigenvalue weighted by Crippen LogP contribution is 2.29. The van der Waals surface area contributed by atoms with Gasteiger partial charge in [-0.1, -0.05) is 41.9 Å². The molecular formula is C15H15ClN2O4S. The van der Waals surface area contributed by atoms with Crippen LogP contribution in [-0.2, 0) is 21.3 Å². The molecule has 3 N–H and O–H groups in total. The van der Waals surface area contributed by atoms with E-state index in [4.69, 9.17) is 16.7 Å². The molecule has 2 rings (SSSR count). The molecule has 0 atom stereocenters. The first kappa shape index (κ1) is 17.3. The number of rotatable bonds is 5. The Kier molecular flexibility index (Phi) is 5.25. The number of sulfonamides is 1. The standard InChI is InChI=1S/C15H15ClN2O4S/c1-22-15(19)11-7-14(23(17,20)21)12(16)8-13(11)18-9-10-5-3-2-4-6-10/h2-8,18H,9H2,1H3,(H2,17,20,21). The average Bonchev–Trinajstić information content (AvgIpc) is 2.52. The second kappa shape index (κ2) is 6.99. The predicted octanol–water partition coefficient (Wildman–Crippen LogP) is 2.39. The second-order valence-corrected chi connectivity index (χ2v) is 6.64. The third-order valence-electron chi connectivity index (χ3n) is 3.11. The highest BCUT2D eigenvalue weighted by atomic mass is 35.5. The van der Waals surface area contributed by atoms with Gasteiger partial charge in [0.15, 0.2) is 0 Å². The number of anilines is 1. The first-order chi connectivity index (χ1) is 10.8. The molecule has 2 aromatic carbocycles. The zero-order valence-corrected chi connectivity index (χ0v) is 13.8. The number of nitrogens with one attached hydrogen (secondary N) is 1. The van der Waals surface area contributed by atoms with E-state index in [2.05, 4.69) is 10.1 Å². The number of nitrogens with two attached hydrogens (primary N) is 1. The molecule has 0 aliphatic carbocycles. The van der Waals surface area contributed by atoms with Crippen LogP contribution in [-0.4, -0.2) is 21.5 Å². The van der Waals surface area contributed by atoms with Gasteiger partial charge in [-0.05, 0) is 17.7 Å². The molecule has 0 fully saturated rings. The summed E-state index contributed by atoms with van der Waals surface area (Å²) < 4.78 is 27.7. The number of hydrogen-bond donors (Lipinski definition) is 2. The molecule has 0 aromatic heterocycles. The zero-order chi connectivity index (χ0) is 17.0. The third-order valence-corrected chi connectivity index (χ3v) is 4.49. The fourth-order valence-electron chi connectivity index (χ4n) is 1.99. The molecule has 0 radical (unpaired) electrons. The van der Waals surface area contributed by atoms with Crippen LogP contribution in [0, 0.1) is 0 Å². The third kappa shape index (κ3) is 4.22. The minimum atomic E-state index is -4.05. The number of methoxy groups -OCH3 is 1. The number of benzene rings is 2. The monoisotopic (exact) mass is 354 g/mol. The molecule has 0 aliphatic heterocycles. The lowest BCUT2D eigenvalue weighted by atomic mass is 10.1. The molecule has 2 aromatic rings. The molecule has 0 amide bonds. The maximum Gasteiger partial charge on any atom is 0.340 e. The van der Waals surface area contributed by atoms with Crippen molar-refractivity contribution in [1.29, 1.82) is 0 Å². The number of carbonyl (C=O) groups is 1. The van der Waals surface area contributed by atoms with E-state index in [-0.39, 0.29) is 15.5 Å². The van der Waals surface area contributed by atoms with E-state index in [1.165, 1.54) is 13.2 Å². The van der Waals surface area contributed by atoms with Crippen LogP contribution in [0.25, 0.3) is 0 Å². The summed E-state index contributed by atoms with van der Waals surface area (Å²) in [4.78, 5) is 11.6. The average molecular weight is 355 g/mol. The van der Waals surface area contributed by atoms with Gasteiger partial charge in [0.25, 0.3) is 0 Å². The maximum atomic E-state index is 11.9. The summed E-state index contributed by atoms with van der Waals surface area (Å²) in [7, 11) is -2.85. The summed E-state index contributed by atoms with van der Waals surface area (Å²) in [6.07, 6.45) is 0. The summed E-state index contributed by atoms with van der Waals surface area (Å²) in [5.74, 6) is -0.692. The number of hydrogen-bond acceptors (Lipinski definition) is 5. The Morgan fingerprint density at radius 3 is 2.48 bits per heavy atom. The SMILES string of the molecule is COC(=O)c1cc(S(N)(=O)=O)c(Cl)cc1NCc1ccccc1. The van der Waals surface area contributed by atoms with Crippen LogP contribution in [0.4, 0.5) is 5.69 Å². The number of halogens is 1. The van der Waals surface area contributed by atoms with Gasteiger partial charge < -0.3 is 10.1 Å². The van der Waals surface area contributed by atoms with Crippen LogP contribution in [0.2, 0.25) is 5.02 Å². The van der Waals surface area contributed by atoms with Gasteiger partial charge >= 0.3 is 5.97 Å². The summed E-state index contributed by atoms with van der Waals surface area (Å²) >= 11 is 5.96. The minimum absolute atomic E-state index is 0.0388. The number of carbonyl (C=O) groups excluding carboxylic acids is 1. The molecule has 0 heterocycles. The Hall–Kier alpha value is -2.09. The van der Waals surface area contributed by atoms with Crippen LogP contribution in [0.1, 0.15) is 15.9 Å². The quantitative estimate of drug-likeness (QED) is 0.803. The fraction of sp³-hybridized carbons (Fsp3) is 0.133. The Morgan fingerprint density at radius 1 is 1.26 bits per heavy atom. The van der Waals surface area contributed by atoms with Crippen molar-refractivity contribution in [3.8, 4) is 0 Å². The zero-order valence-electron chi connectivity index (χ0n) is 12.2.